The molecule has 4 aromatic rings. The topological polar surface area (TPSA) is 159 Å². The molecule has 0 saturated carbocycles. The molecule has 2 aromatic heterocycles. The fourth-order valence-corrected chi connectivity index (χ4v) is 5.21. The van der Waals surface area contributed by atoms with E-state index in [4.69, 9.17) is 28.8 Å². The van der Waals surface area contributed by atoms with Crippen molar-refractivity contribution in [2.24, 2.45) is 10.3 Å². The van der Waals surface area contributed by atoms with E-state index in [1.807, 2.05) is 48.5 Å². The van der Waals surface area contributed by atoms with Crippen LogP contribution in [0.4, 0.5) is 0 Å². The number of oxazole rings is 1. The Bertz CT molecular complexity index is 1610. The number of oxime groups is 1. The quantitative estimate of drug-likeness (QED) is 0.160. The van der Waals surface area contributed by atoms with Crippen molar-refractivity contribution in [3.05, 3.63) is 90.1 Å². The van der Waals surface area contributed by atoms with Crippen molar-refractivity contribution in [3.63, 3.8) is 0 Å². The molecular formula is C29H30N4O7S. The van der Waals surface area contributed by atoms with Gasteiger partial charge in [0.25, 0.3) is 0 Å². The highest BCUT2D eigenvalue weighted by atomic mass is 32.2. The van der Waals surface area contributed by atoms with Gasteiger partial charge in [0.15, 0.2) is 11.5 Å². The van der Waals surface area contributed by atoms with Crippen molar-refractivity contribution in [2.45, 2.75) is 29.9 Å². The highest BCUT2D eigenvalue weighted by Gasteiger charge is 2.36. The number of methoxy groups -OCH3 is 1. The molecule has 0 amide bonds. The van der Waals surface area contributed by atoms with E-state index in [1.54, 1.807) is 19.2 Å². The molecule has 0 radical (unpaired) electrons. The van der Waals surface area contributed by atoms with Gasteiger partial charge in [-0.1, -0.05) is 41.6 Å². The third-order valence-corrected chi connectivity index (χ3v) is 7.87. The Labute approximate surface area is 237 Å². The van der Waals surface area contributed by atoms with Gasteiger partial charge in [0.1, 0.15) is 11.3 Å². The maximum Gasteiger partial charge on any atom is 0.247 e. The number of benzene rings is 2. The SMILES string of the molecule is COC1(c2cccc(COC/C(=N/O)c3nc(-c4ccccc4)c(-c4ccc(S(N)(=O)=O)cc4)o3)n2)CCOCC1. The summed E-state index contributed by atoms with van der Waals surface area (Å²) < 4.78 is 46.7. The Morgan fingerprint density at radius 2 is 1.73 bits per heavy atom. The Kier molecular flexibility index (Phi) is 8.57. The molecule has 1 aliphatic rings. The standard InChI is InChI=1S/C29H30N4O7S/c1-37-29(14-16-38-17-15-29)25-9-5-8-22(31-25)18-39-19-24(33-34)28-32-26(20-6-3-2-4-7-20)27(40-28)21-10-12-23(13-11-21)41(30,35)36/h2-13,34H,14-19H2,1H3,(H2,30,35,36)/b33-24-. The first-order valence-corrected chi connectivity index (χ1v) is 14.5. The molecule has 3 N–H and O–H groups in total. The van der Waals surface area contributed by atoms with Gasteiger partial charge in [-0.25, -0.2) is 18.5 Å². The van der Waals surface area contributed by atoms with Crippen molar-refractivity contribution in [2.75, 3.05) is 26.9 Å². The van der Waals surface area contributed by atoms with Crippen molar-refractivity contribution in [3.8, 4) is 22.6 Å². The summed E-state index contributed by atoms with van der Waals surface area (Å²) in [5.74, 6) is 0.420. The summed E-state index contributed by atoms with van der Waals surface area (Å²) in [5.41, 5.74) is 2.89. The van der Waals surface area contributed by atoms with Gasteiger partial charge in [-0.15, -0.1) is 0 Å². The monoisotopic (exact) mass is 578 g/mol. The molecule has 1 saturated heterocycles. The van der Waals surface area contributed by atoms with Crippen molar-refractivity contribution >= 4 is 15.7 Å². The zero-order valence-electron chi connectivity index (χ0n) is 22.4. The number of pyridine rings is 1. The molecule has 0 spiro atoms. The molecule has 3 heterocycles. The fourth-order valence-electron chi connectivity index (χ4n) is 4.69. The van der Waals surface area contributed by atoms with Crippen LogP contribution >= 0.6 is 0 Å². The molecule has 0 aliphatic carbocycles. The van der Waals surface area contributed by atoms with Crippen LogP contribution in [0.5, 0.6) is 0 Å². The molecule has 5 rings (SSSR count). The first-order chi connectivity index (χ1) is 19.8. The number of hydrogen-bond acceptors (Lipinski definition) is 10. The lowest BCUT2D eigenvalue weighted by atomic mass is 9.90. The molecular weight excluding hydrogens is 548 g/mol. The van der Waals surface area contributed by atoms with Crippen molar-refractivity contribution in [1.29, 1.82) is 0 Å². The van der Waals surface area contributed by atoms with Gasteiger partial charge in [-0.2, -0.15) is 0 Å². The van der Waals surface area contributed by atoms with E-state index in [0.29, 0.717) is 48.8 Å². The Balaban J connectivity index is 1.36. The summed E-state index contributed by atoms with van der Waals surface area (Å²) in [4.78, 5) is 9.33. The van der Waals surface area contributed by atoms with Crippen LogP contribution in [-0.4, -0.2) is 56.2 Å². The molecule has 214 valence electrons. The largest absolute Gasteiger partial charge is 0.434 e. The third kappa shape index (κ3) is 6.37. The van der Waals surface area contributed by atoms with E-state index in [9.17, 15) is 13.6 Å². The number of aromatic nitrogens is 2. The second-order valence-corrected chi connectivity index (χ2v) is 11.1. The first-order valence-electron chi connectivity index (χ1n) is 12.9. The van der Waals surface area contributed by atoms with Crippen LogP contribution < -0.4 is 5.14 Å². The Hall–Kier alpha value is -3.94. The number of rotatable bonds is 10. The van der Waals surface area contributed by atoms with E-state index in [0.717, 1.165) is 11.3 Å². The fraction of sp³-hybridized carbons (Fsp3) is 0.276. The second-order valence-electron chi connectivity index (χ2n) is 9.50. The maximum atomic E-state index is 11.7. The number of nitrogens with zero attached hydrogens (tertiary/aromatic N) is 3. The molecule has 1 fully saturated rings. The smallest absolute Gasteiger partial charge is 0.247 e. The molecule has 41 heavy (non-hydrogen) atoms. The Morgan fingerprint density at radius 3 is 2.39 bits per heavy atom. The lowest BCUT2D eigenvalue weighted by Gasteiger charge is -2.35. The van der Waals surface area contributed by atoms with Crippen LogP contribution in [0.1, 0.15) is 30.1 Å². The minimum Gasteiger partial charge on any atom is -0.434 e. The summed E-state index contributed by atoms with van der Waals surface area (Å²) in [6.07, 6.45) is 1.42. The number of sulfonamides is 1. The average molecular weight is 579 g/mol. The van der Waals surface area contributed by atoms with Gasteiger partial charge in [0.05, 0.1) is 29.5 Å². The zero-order valence-corrected chi connectivity index (χ0v) is 23.2. The third-order valence-electron chi connectivity index (χ3n) is 6.94. The summed E-state index contributed by atoms with van der Waals surface area (Å²) in [7, 11) is -2.17. The molecule has 0 bridgehead atoms. The number of primary sulfonamides is 1. The highest BCUT2D eigenvalue weighted by Crippen LogP contribution is 2.35. The molecule has 11 nitrogen and oxygen atoms in total. The minimum atomic E-state index is -3.86. The lowest BCUT2D eigenvalue weighted by molar-refractivity contribution is -0.0974. The molecule has 2 aromatic carbocycles. The zero-order chi connectivity index (χ0) is 28.9. The molecule has 0 unspecified atom stereocenters. The van der Waals surface area contributed by atoms with Crippen LogP contribution in [0.15, 0.2) is 87.3 Å². The predicted octanol–water partition coefficient (Wildman–Crippen LogP) is 4.10. The van der Waals surface area contributed by atoms with Gasteiger partial charge in [-0.3, -0.25) is 4.98 Å². The van der Waals surface area contributed by atoms with Gasteiger partial charge in [0.2, 0.25) is 15.9 Å². The number of hydrogen-bond donors (Lipinski definition) is 2. The average Bonchev–Trinajstić information content (AvgIpc) is 3.45. The summed E-state index contributed by atoms with van der Waals surface area (Å²) in [5, 5.41) is 18.4. The van der Waals surface area contributed by atoms with Gasteiger partial charge >= 0.3 is 0 Å². The predicted molar refractivity (Wildman–Crippen MR) is 150 cm³/mol. The summed E-state index contributed by atoms with van der Waals surface area (Å²) >= 11 is 0. The first kappa shape index (κ1) is 28.6. The summed E-state index contributed by atoms with van der Waals surface area (Å²) in [6, 6.07) is 20.9. The lowest BCUT2D eigenvalue weighted by Crippen LogP contribution is -2.36. The molecule has 0 atom stereocenters. The van der Waals surface area contributed by atoms with Crippen LogP contribution in [0.25, 0.3) is 22.6 Å². The van der Waals surface area contributed by atoms with Crippen LogP contribution in [0, 0.1) is 0 Å². The summed E-state index contributed by atoms with van der Waals surface area (Å²) in [6.45, 7) is 1.25. The molecule has 1 aliphatic heterocycles. The minimum absolute atomic E-state index is 0.0285. The van der Waals surface area contributed by atoms with Crippen LogP contribution in [-0.2, 0) is 36.4 Å². The van der Waals surface area contributed by atoms with E-state index in [-0.39, 0.29) is 29.7 Å². The Morgan fingerprint density at radius 1 is 1.00 bits per heavy atom. The van der Waals surface area contributed by atoms with Crippen LogP contribution in [0.2, 0.25) is 0 Å². The van der Waals surface area contributed by atoms with Gasteiger partial charge in [0, 0.05) is 44.3 Å². The number of ether oxygens (including phenoxy) is 3. The van der Waals surface area contributed by atoms with Gasteiger partial charge < -0.3 is 23.8 Å². The number of nitrogens with two attached hydrogens (primary N) is 1. The van der Waals surface area contributed by atoms with E-state index >= 15 is 0 Å². The van der Waals surface area contributed by atoms with E-state index < -0.39 is 15.6 Å². The highest BCUT2D eigenvalue weighted by molar-refractivity contribution is 7.89. The van der Waals surface area contributed by atoms with Crippen molar-refractivity contribution < 1.29 is 32.3 Å². The normalized spacial score (nSPS) is 15.6. The van der Waals surface area contributed by atoms with Gasteiger partial charge in [-0.05, 0) is 36.4 Å². The second kappa shape index (κ2) is 12.3. The van der Waals surface area contributed by atoms with E-state index in [1.165, 1.54) is 12.1 Å². The maximum absolute atomic E-state index is 11.7. The molecule has 12 heteroatoms. The van der Waals surface area contributed by atoms with Crippen LogP contribution in [0.3, 0.4) is 0 Å². The van der Waals surface area contributed by atoms with Crippen molar-refractivity contribution in [1.82, 2.24) is 9.97 Å². The van der Waals surface area contributed by atoms with E-state index in [2.05, 4.69) is 10.1 Å².